The van der Waals surface area contributed by atoms with Gasteiger partial charge in [-0.05, 0) is 42.0 Å². The Bertz CT molecular complexity index is 890. The van der Waals surface area contributed by atoms with Gasteiger partial charge in [0.25, 0.3) is 0 Å². The number of aromatic nitrogens is 1. The van der Waals surface area contributed by atoms with Crippen LogP contribution in [-0.4, -0.2) is 38.3 Å². The van der Waals surface area contributed by atoms with Gasteiger partial charge in [0.1, 0.15) is 0 Å². The maximum absolute atomic E-state index is 12.1. The summed E-state index contributed by atoms with van der Waals surface area (Å²) in [7, 11) is -3.66. The average molecular weight is 469 g/mol. The molecule has 0 fully saturated rings. The van der Waals surface area contributed by atoms with Crippen LogP contribution in [0.25, 0.3) is 0 Å². The molecule has 0 saturated heterocycles. The summed E-state index contributed by atoms with van der Waals surface area (Å²) in [4.78, 5) is 27.6. The van der Waals surface area contributed by atoms with Crippen LogP contribution in [0.5, 0.6) is 0 Å². The highest BCUT2D eigenvalue weighted by molar-refractivity contribution is 9.10. The van der Waals surface area contributed by atoms with E-state index in [-0.39, 0.29) is 42.6 Å². The van der Waals surface area contributed by atoms with E-state index in [1.165, 1.54) is 12.1 Å². The van der Waals surface area contributed by atoms with Crippen LogP contribution < -0.4 is 15.4 Å². The van der Waals surface area contributed by atoms with Gasteiger partial charge >= 0.3 is 0 Å². The second kappa shape index (κ2) is 10.9. The van der Waals surface area contributed by atoms with E-state index in [0.717, 1.165) is 10.0 Å². The molecule has 0 aliphatic heterocycles. The number of benzene rings is 1. The largest absolute Gasteiger partial charge is 0.356 e. The maximum atomic E-state index is 12.1. The van der Waals surface area contributed by atoms with Gasteiger partial charge in [-0.3, -0.25) is 14.6 Å². The summed E-state index contributed by atoms with van der Waals surface area (Å²) in [6, 6.07) is 9.80. The molecule has 8 nitrogen and oxygen atoms in total. The first-order chi connectivity index (χ1) is 13.4. The fourth-order valence-corrected chi connectivity index (χ4v) is 3.49. The monoisotopic (exact) mass is 468 g/mol. The smallest absolute Gasteiger partial charge is 0.240 e. The molecule has 1 aromatic carbocycles. The third-order valence-corrected chi connectivity index (χ3v) is 5.69. The van der Waals surface area contributed by atoms with E-state index in [9.17, 15) is 18.0 Å². The summed E-state index contributed by atoms with van der Waals surface area (Å²) < 4.78 is 27.4. The Morgan fingerprint density at radius 2 is 1.50 bits per heavy atom. The molecular formula is C18H21BrN4O4S. The van der Waals surface area contributed by atoms with Gasteiger partial charge in [-0.25, -0.2) is 13.1 Å². The molecule has 28 heavy (non-hydrogen) atoms. The zero-order chi connectivity index (χ0) is 20.4. The molecule has 0 atom stereocenters. The zero-order valence-corrected chi connectivity index (χ0v) is 17.4. The summed E-state index contributed by atoms with van der Waals surface area (Å²) in [6.45, 7) is 0.548. The lowest BCUT2D eigenvalue weighted by Crippen LogP contribution is -2.33. The van der Waals surface area contributed by atoms with Crippen molar-refractivity contribution in [2.45, 2.75) is 24.3 Å². The Morgan fingerprint density at radius 1 is 0.893 bits per heavy atom. The molecule has 0 radical (unpaired) electrons. The van der Waals surface area contributed by atoms with Gasteiger partial charge in [0.15, 0.2) is 0 Å². The normalized spacial score (nSPS) is 11.0. The van der Waals surface area contributed by atoms with Gasteiger partial charge in [-0.1, -0.05) is 15.9 Å². The maximum Gasteiger partial charge on any atom is 0.240 e. The van der Waals surface area contributed by atoms with Crippen molar-refractivity contribution in [2.24, 2.45) is 0 Å². The van der Waals surface area contributed by atoms with Crippen molar-refractivity contribution < 1.29 is 18.0 Å². The first-order valence-corrected chi connectivity index (χ1v) is 10.8. The second-order valence-corrected chi connectivity index (χ2v) is 8.52. The number of carbonyl (C=O) groups is 2. The van der Waals surface area contributed by atoms with E-state index in [1.807, 2.05) is 0 Å². The van der Waals surface area contributed by atoms with Crippen LogP contribution in [0.1, 0.15) is 18.4 Å². The van der Waals surface area contributed by atoms with Crippen molar-refractivity contribution >= 4 is 37.8 Å². The number of pyridine rings is 1. The highest BCUT2D eigenvalue weighted by Crippen LogP contribution is 2.14. The quantitative estimate of drug-likeness (QED) is 0.486. The van der Waals surface area contributed by atoms with Crippen molar-refractivity contribution in [2.75, 3.05) is 13.1 Å². The zero-order valence-electron chi connectivity index (χ0n) is 15.0. The standard InChI is InChI=1S/C18H21BrN4O4S/c19-15-1-3-16(4-2-15)28(26,27)23-12-8-17(24)21-11-7-18(25)22-13-14-5-9-20-10-6-14/h1-6,9-10,23H,7-8,11-13H2,(H,21,24)(H,22,25). The molecular weight excluding hydrogens is 448 g/mol. The number of nitrogens with zero attached hydrogens (tertiary/aromatic N) is 1. The molecule has 150 valence electrons. The van der Waals surface area contributed by atoms with Crippen LogP contribution in [0, 0.1) is 0 Å². The van der Waals surface area contributed by atoms with Crippen molar-refractivity contribution in [3.63, 3.8) is 0 Å². The van der Waals surface area contributed by atoms with Crippen molar-refractivity contribution in [3.05, 3.63) is 58.8 Å². The van der Waals surface area contributed by atoms with E-state index in [0.29, 0.717) is 6.54 Å². The molecule has 2 rings (SSSR count). The van der Waals surface area contributed by atoms with Crippen LogP contribution in [0.3, 0.4) is 0 Å². The predicted octanol–water partition coefficient (Wildman–Crippen LogP) is 1.34. The molecule has 2 aromatic rings. The first kappa shape index (κ1) is 22.0. The second-order valence-electron chi connectivity index (χ2n) is 5.83. The number of halogens is 1. The molecule has 1 heterocycles. The third-order valence-electron chi connectivity index (χ3n) is 3.68. The Balaban J connectivity index is 1.62. The number of sulfonamides is 1. The molecule has 1 aromatic heterocycles. The van der Waals surface area contributed by atoms with Gasteiger partial charge in [-0.15, -0.1) is 0 Å². The van der Waals surface area contributed by atoms with Crippen LogP contribution in [-0.2, 0) is 26.2 Å². The fourth-order valence-electron chi connectivity index (χ4n) is 2.19. The SMILES string of the molecule is O=C(CCNS(=O)(=O)c1ccc(Br)cc1)NCCC(=O)NCc1ccncc1. The number of hydrogen-bond acceptors (Lipinski definition) is 5. The van der Waals surface area contributed by atoms with Crippen LogP contribution in [0.4, 0.5) is 0 Å². The summed E-state index contributed by atoms with van der Waals surface area (Å²) in [5.74, 6) is -0.520. The number of rotatable bonds is 10. The lowest BCUT2D eigenvalue weighted by Gasteiger charge is -2.08. The predicted molar refractivity (Wildman–Crippen MR) is 108 cm³/mol. The highest BCUT2D eigenvalue weighted by atomic mass is 79.9. The topological polar surface area (TPSA) is 117 Å². The Hall–Kier alpha value is -2.30. The summed E-state index contributed by atoms with van der Waals surface area (Å²) in [6.07, 6.45) is 3.41. The van der Waals surface area contributed by atoms with Gasteiger partial charge in [-0.2, -0.15) is 0 Å². The van der Waals surface area contributed by atoms with E-state index in [1.54, 1.807) is 36.7 Å². The van der Waals surface area contributed by atoms with Gasteiger partial charge in [0.05, 0.1) is 4.90 Å². The number of amides is 2. The number of nitrogens with one attached hydrogen (secondary N) is 3. The molecule has 0 saturated carbocycles. The molecule has 0 aliphatic carbocycles. The Kier molecular flexibility index (Phi) is 8.55. The van der Waals surface area contributed by atoms with Crippen LogP contribution >= 0.6 is 15.9 Å². The molecule has 2 amide bonds. The van der Waals surface area contributed by atoms with E-state index in [4.69, 9.17) is 0 Å². The summed E-state index contributed by atoms with van der Waals surface area (Å²) in [5.41, 5.74) is 0.936. The van der Waals surface area contributed by atoms with Crippen LogP contribution in [0.2, 0.25) is 0 Å². The van der Waals surface area contributed by atoms with E-state index >= 15 is 0 Å². The van der Waals surface area contributed by atoms with E-state index < -0.39 is 10.0 Å². The summed E-state index contributed by atoms with van der Waals surface area (Å²) >= 11 is 3.24. The molecule has 0 spiro atoms. The Labute approximate surface area is 172 Å². The van der Waals surface area contributed by atoms with Crippen molar-refractivity contribution in [3.8, 4) is 0 Å². The van der Waals surface area contributed by atoms with Crippen molar-refractivity contribution in [1.82, 2.24) is 20.3 Å². The number of hydrogen-bond donors (Lipinski definition) is 3. The highest BCUT2D eigenvalue weighted by Gasteiger charge is 2.14. The lowest BCUT2D eigenvalue weighted by atomic mass is 10.2. The average Bonchev–Trinajstić information content (AvgIpc) is 2.67. The minimum absolute atomic E-state index is 0.0195. The number of carbonyl (C=O) groups excluding carboxylic acids is 2. The molecule has 0 unspecified atom stereocenters. The molecule has 0 bridgehead atoms. The van der Waals surface area contributed by atoms with E-state index in [2.05, 4.69) is 36.3 Å². The summed E-state index contributed by atoms with van der Waals surface area (Å²) in [5, 5.41) is 5.34. The Morgan fingerprint density at radius 3 is 2.18 bits per heavy atom. The third kappa shape index (κ3) is 7.75. The molecule has 3 N–H and O–H groups in total. The lowest BCUT2D eigenvalue weighted by molar-refractivity contribution is -0.122. The van der Waals surface area contributed by atoms with Crippen LogP contribution in [0.15, 0.2) is 58.2 Å². The minimum Gasteiger partial charge on any atom is -0.356 e. The van der Waals surface area contributed by atoms with Gasteiger partial charge in [0.2, 0.25) is 21.8 Å². The first-order valence-electron chi connectivity index (χ1n) is 8.54. The molecule has 0 aliphatic rings. The van der Waals surface area contributed by atoms with Gasteiger partial charge < -0.3 is 10.6 Å². The fraction of sp³-hybridized carbons (Fsp3) is 0.278. The van der Waals surface area contributed by atoms with Crippen molar-refractivity contribution in [1.29, 1.82) is 0 Å². The molecule has 10 heteroatoms. The van der Waals surface area contributed by atoms with Gasteiger partial charge in [0, 0.05) is 49.3 Å². The minimum atomic E-state index is -3.66.